The van der Waals surface area contributed by atoms with E-state index in [0.717, 1.165) is 16.9 Å². The van der Waals surface area contributed by atoms with Crippen molar-refractivity contribution in [2.24, 2.45) is 7.05 Å². The summed E-state index contributed by atoms with van der Waals surface area (Å²) >= 11 is 0. The van der Waals surface area contributed by atoms with Gasteiger partial charge in [-0.1, -0.05) is 17.6 Å². The molecule has 0 saturated carbocycles. The van der Waals surface area contributed by atoms with E-state index >= 15 is 0 Å². The van der Waals surface area contributed by atoms with Gasteiger partial charge in [-0.25, -0.2) is 9.78 Å². The molecule has 0 aliphatic heterocycles. The van der Waals surface area contributed by atoms with Gasteiger partial charge in [0.25, 0.3) is 0 Å². The van der Waals surface area contributed by atoms with Crippen molar-refractivity contribution in [1.82, 2.24) is 19.1 Å². The minimum Gasteiger partial charge on any atom is -0.293 e. The Kier molecular flexibility index (Phi) is 3.66. The quantitative estimate of drug-likeness (QED) is 0.481. The molecule has 0 spiro atoms. The fraction of sp³-hybridized carbons (Fsp3) is 0.167. The van der Waals surface area contributed by atoms with Crippen LogP contribution in [0.5, 0.6) is 0 Å². The fourth-order valence-electron chi connectivity index (χ4n) is 3.28. The molecule has 0 N–H and O–H groups in total. The van der Waals surface area contributed by atoms with E-state index < -0.39 is 11.9 Å². The van der Waals surface area contributed by atoms with Crippen LogP contribution in [0.3, 0.4) is 0 Å². The summed E-state index contributed by atoms with van der Waals surface area (Å²) < 4.78 is 41.7. The van der Waals surface area contributed by atoms with Crippen molar-refractivity contribution in [3.8, 4) is 5.69 Å². The molecule has 0 aliphatic carbocycles. The van der Waals surface area contributed by atoms with Gasteiger partial charge in [-0.2, -0.15) is 13.2 Å². The number of pyridine rings is 2. The smallest absolute Gasteiger partial charge is 0.293 e. The highest BCUT2D eigenvalue weighted by molar-refractivity contribution is 6.33. The van der Waals surface area contributed by atoms with Crippen molar-refractivity contribution in [3.63, 3.8) is 0 Å². The molecule has 9 heteroatoms. The Labute approximate surface area is 152 Å². The SMILES string of the molecule is Bc1ccc2ncc3c(c2c1)n(-c1ccc(C(F)(F)F)nc1C)c(=O)n3C. The zero-order chi connectivity index (χ0) is 19.5. The zero-order valence-corrected chi connectivity index (χ0v) is 14.8. The molecular weight excluding hydrogens is 356 g/mol. The molecule has 136 valence electrons. The minimum absolute atomic E-state index is 0.122. The topological polar surface area (TPSA) is 52.7 Å². The molecule has 4 aromatic rings. The van der Waals surface area contributed by atoms with Crippen LogP contribution in [0, 0.1) is 6.92 Å². The number of imidazole rings is 1. The maximum atomic E-state index is 12.9. The first-order chi connectivity index (χ1) is 12.7. The minimum atomic E-state index is -4.54. The van der Waals surface area contributed by atoms with Crippen molar-refractivity contribution in [2.45, 2.75) is 13.1 Å². The standard InChI is InChI=1S/C18H14BF3N4O/c1-9-13(5-6-15(24-9)18(20,21)22)26-16-11-7-10(19)3-4-12(11)23-8-14(16)25(2)17(26)27/h3-8H,19H2,1-2H3. The maximum Gasteiger partial charge on any atom is 0.433 e. The third kappa shape index (κ3) is 2.61. The molecule has 0 radical (unpaired) electrons. The molecule has 1 aromatic carbocycles. The van der Waals surface area contributed by atoms with Crippen LogP contribution in [0.25, 0.3) is 27.6 Å². The lowest BCUT2D eigenvalue weighted by Crippen LogP contribution is -2.22. The Morgan fingerprint density at radius 2 is 1.89 bits per heavy atom. The van der Waals surface area contributed by atoms with Gasteiger partial charge in [-0.05, 0) is 25.1 Å². The molecule has 0 amide bonds. The number of fused-ring (bicyclic) bond motifs is 3. The first-order valence-electron chi connectivity index (χ1n) is 8.20. The molecule has 0 bridgehead atoms. The van der Waals surface area contributed by atoms with Gasteiger partial charge >= 0.3 is 11.9 Å². The van der Waals surface area contributed by atoms with Crippen LogP contribution in [-0.4, -0.2) is 26.9 Å². The first kappa shape index (κ1) is 17.3. The van der Waals surface area contributed by atoms with Crippen LogP contribution in [0.2, 0.25) is 0 Å². The summed E-state index contributed by atoms with van der Waals surface area (Å²) in [6, 6.07) is 7.85. The number of rotatable bonds is 1. The summed E-state index contributed by atoms with van der Waals surface area (Å²) in [5.74, 6) is 0. The summed E-state index contributed by atoms with van der Waals surface area (Å²) in [6.45, 7) is 1.46. The van der Waals surface area contributed by atoms with Gasteiger partial charge in [0.2, 0.25) is 0 Å². The van der Waals surface area contributed by atoms with Crippen LogP contribution in [0.4, 0.5) is 13.2 Å². The molecule has 0 saturated heterocycles. The lowest BCUT2D eigenvalue weighted by molar-refractivity contribution is -0.141. The second-order valence-corrected chi connectivity index (χ2v) is 6.49. The largest absolute Gasteiger partial charge is 0.433 e. The third-order valence-corrected chi connectivity index (χ3v) is 4.63. The highest BCUT2D eigenvalue weighted by atomic mass is 19.4. The fourth-order valence-corrected chi connectivity index (χ4v) is 3.28. The lowest BCUT2D eigenvalue weighted by Gasteiger charge is -2.11. The number of aromatic nitrogens is 4. The molecule has 0 fully saturated rings. The van der Waals surface area contributed by atoms with E-state index in [2.05, 4.69) is 9.97 Å². The molecule has 27 heavy (non-hydrogen) atoms. The van der Waals surface area contributed by atoms with Gasteiger partial charge in [0.15, 0.2) is 0 Å². The molecule has 0 unspecified atom stereocenters. The van der Waals surface area contributed by atoms with E-state index in [1.807, 2.05) is 26.0 Å². The van der Waals surface area contributed by atoms with Crippen molar-refractivity contribution < 1.29 is 13.2 Å². The van der Waals surface area contributed by atoms with Gasteiger partial charge in [0.05, 0.1) is 34.1 Å². The molecule has 3 heterocycles. The van der Waals surface area contributed by atoms with Crippen LogP contribution < -0.4 is 11.2 Å². The number of hydrogen-bond donors (Lipinski definition) is 0. The lowest BCUT2D eigenvalue weighted by atomic mass is 9.94. The zero-order valence-electron chi connectivity index (χ0n) is 14.8. The van der Waals surface area contributed by atoms with E-state index in [0.29, 0.717) is 22.2 Å². The molecule has 3 aromatic heterocycles. The summed E-state index contributed by atoms with van der Waals surface area (Å²) in [4.78, 5) is 21.0. The number of nitrogens with zero attached hydrogens (tertiary/aromatic N) is 4. The summed E-state index contributed by atoms with van der Waals surface area (Å²) in [6.07, 6.45) is -2.95. The highest BCUT2D eigenvalue weighted by Crippen LogP contribution is 2.30. The first-order valence-corrected chi connectivity index (χ1v) is 8.20. The van der Waals surface area contributed by atoms with E-state index in [1.165, 1.54) is 22.1 Å². The van der Waals surface area contributed by atoms with Gasteiger partial charge in [0.1, 0.15) is 13.5 Å². The molecule has 4 rings (SSSR count). The van der Waals surface area contributed by atoms with Gasteiger partial charge in [0, 0.05) is 12.4 Å². The number of alkyl halides is 3. The summed E-state index contributed by atoms with van der Waals surface area (Å²) in [5.41, 5.74) is 1.96. The van der Waals surface area contributed by atoms with Crippen LogP contribution >= 0.6 is 0 Å². The molecular formula is C18H14BF3N4O. The third-order valence-electron chi connectivity index (χ3n) is 4.63. The monoisotopic (exact) mass is 370 g/mol. The summed E-state index contributed by atoms with van der Waals surface area (Å²) in [7, 11) is 3.53. The number of halogens is 3. The molecule has 0 atom stereocenters. The molecule has 5 nitrogen and oxygen atoms in total. The number of hydrogen-bond acceptors (Lipinski definition) is 3. The van der Waals surface area contributed by atoms with E-state index in [4.69, 9.17) is 0 Å². The summed E-state index contributed by atoms with van der Waals surface area (Å²) in [5, 5.41) is 0.754. The van der Waals surface area contributed by atoms with Gasteiger partial charge < -0.3 is 0 Å². The average molecular weight is 370 g/mol. The second-order valence-electron chi connectivity index (χ2n) is 6.49. The van der Waals surface area contributed by atoms with E-state index in [9.17, 15) is 18.0 Å². The van der Waals surface area contributed by atoms with Crippen molar-refractivity contribution in [1.29, 1.82) is 0 Å². The second kappa shape index (κ2) is 5.70. The van der Waals surface area contributed by atoms with Crippen molar-refractivity contribution >= 4 is 35.2 Å². The Balaban J connectivity index is 2.12. The highest BCUT2D eigenvalue weighted by Gasteiger charge is 2.33. The van der Waals surface area contributed by atoms with Gasteiger partial charge in [-0.15, -0.1) is 0 Å². The number of aryl methyl sites for hydroxylation is 2. The van der Waals surface area contributed by atoms with Crippen LogP contribution in [0.15, 0.2) is 41.3 Å². The number of benzene rings is 1. The Bertz CT molecular complexity index is 1270. The average Bonchev–Trinajstić information content (AvgIpc) is 2.86. The van der Waals surface area contributed by atoms with E-state index in [-0.39, 0.29) is 11.4 Å². The van der Waals surface area contributed by atoms with E-state index in [1.54, 1.807) is 13.2 Å². The van der Waals surface area contributed by atoms with Crippen molar-refractivity contribution in [2.75, 3.05) is 0 Å². The van der Waals surface area contributed by atoms with Crippen LogP contribution in [0.1, 0.15) is 11.4 Å². The normalized spacial score (nSPS) is 12.2. The Morgan fingerprint density at radius 3 is 2.56 bits per heavy atom. The van der Waals surface area contributed by atoms with Crippen LogP contribution in [-0.2, 0) is 13.2 Å². The predicted octanol–water partition coefficient (Wildman–Crippen LogP) is 1.86. The Morgan fingerprint density at radius 1 is 1.15 bits per heavy atom. The molecule has 0 aliphatic rings. The van der Waals surface area contributed by atoms with Crippen molar-refractivity contribution in [3.05, 3.63) is 58.4 Å². The Hall–Kier alpha value is -3.10. The van der Waals surface area contributed by atoms with Gasteiger partial charge in [-0.3, -0.25) is 14.1 Å². The maximum absolute atomic E-state index is 12.9. The predicted molar refractivity (Wildman–Crippen MR) is 99.5 cm³/mol.